The van der Waals surface area contributed by atoms with Crippen LogP contribution in [-0.4, -0.2) is 59.9 Å². The van der Waals surface area contributed by atoms with E-state index in [4.69, 9.17) is 15.6 Å². The predicted octanol–water partition coefficient (Wildman–Crippen LogP) is 3.21. The Hall–Kier alpha value is -2.80. The molecule has 12 heteroatoms. The second kappa shape index (κ2) is 12.4. The molecule has 1 aliphatic carbocycles. The standard InChI is InChI=1S/C24H35N5O6S/c1-3-29(19-7-5-4-6-8-19)36(33,34)20-11-9-18(10-12-20)26-27-22-17(2)21(25)23(31)28(24(22)32)13-15-35-16-14-30/h9-12,19,30-31H,3-8,13-16,25H2,1-2H3. The lowest BCUT2D eigenvalue weighted by atomic mass is 9.95. The Morgan fingerprint density at radius 2 is 1.81 bits per heavy atom. The fourth-order valence-electron chi connectivity index (χ4n) is 4.39. The number of benzene rings is 1. The van der Waals surface area contributed by atoms with E-state index in [-0.39, 0.29) is 54.2 Å². The van der Waals surface area contributed by atoms with E-state index < -0.39 is 21.5 Å². The van der Waals surface area contributed by atoms with Crippen LogP contribution in [-0.2, 0) is 21.3 Å². The lowest BCUT2D eigenvalue weighted by Crippen LogP contribution is -2.41. The van der Waals surface area contributed by atoms with Gasteiger partial charge in [0.1, 0.15) is 0 Å². The summed E-state index contributed by atoms with van der Waals surface area (Å²) in [4.78, 5) is 13.1. The molecule has 0 bridgehead atoms. The van der Waals surface area contributed by atoms with Crippen molar-refractivity contribution in [2.24, 2.45) is 10.2 Å². The fraction of sp³-hybridized carbons (Fsp3) is 0.542. The minimum Gasteiger partial charge on any atom is -0.493 e. The zero-order chi connectivity index (χ0) is 26.3. The van der Waals surface area contributed by atoms with Crippen molar-refractivity contribution < 1.29 is 23.4 Å². The summed E-state index contributed by atoms with van der Waals surface area (Å²) in [5.74, 6) is -0.392. The van der Waals surface area contributed by atoms with Crippen LogP contribution in [0.25, 0.3) is 0 Å². The van der Waals surface area contributed by atoms with Gasteiger partial charge in [0.05, 0.1) is 42.6 Å². The highest BCUT2D eigenvalue weighted by atomic mass is 32.2. The summed E-state index contributed by atoms with van der Waals surface area (Å²) >= 11 is 0. The van der Waals surface area contributed by atoms with Crippen LogP contribution in [0.2, 0.25) is 0 Å². The average molecular weight is 522 g/mol. The molecule has 1 aromatic carbocycles. The molecule has 0 aliphatic heterocycles. The van der Waals surface area contributed by atoms with Gasteiger partial charge in [-0.1, -0.05) is 26.2 Å². The van der Waals surface area contributed by atoms with Gasteiger partial charge in [0, 0.05) is 18.2 Å². The number of aromatic hydroxyl groups is 1. The molecule has 0 saturated heterocycles. The van der Waals surface area contributed by atoms with Crippen molar-refractivity contribution in [1.82, 2.24) is 8.87 Å². The minimum atomic E-state index is -3.64. The van der Waals surface area contributed by atoms with Gasteiger partial charge in [-0.25, -0.2) is 8.42 Å². The lowest BCUT2D eigenvalue weighted by molar-refractivity contribution is 0.0854. The maximum Gasteiger partial charge on any atom is 0.281 e. The number of aliphatic hydroxyl groups excluding tert-OH is 1. The fourth-order valence-corrected chi connectivity index (χ4v) is 6.09. The smallest absolute Gasteiger partial charge is 0.281 e. The Kier molecular flexibility index (Phi) is 9.60. The lowest BCUT2D eigenvalue weighted by Gasteiger charge is -2.32. The molecule has 1 saturated carbocycles. The average Bonchev–Trinajstić information content (AvgIpc) is 2.88. The number of pyridine rings is 1. The van der Waals surface area contributed by atoms with Crippen LogP contribution in [0.3, 0.4) is 0 Å². The van der Waals surface area contributed by atoms with Crippen LogP contribution < -0.4 is 11.3 Å². The summed E-state index contributed by atoms with van der Waals surface area (Å²) in [5.41, 5.74) is 5.95. The largest absolute Gasteiger partial charge is 0.493 e. The van der Waals surface area contributed by atoms with Gasteiger partial charge in [-0.2, -0.15) is 9.42 Å². The van der Waals surface area contributed by atoms with Gasteiger partial charge < -0.3 is 20.7 Å². The molecular weight excluding hydrogens is 486 g/mol. The third-order valence-corrected chi connectivity index (χ3v) is 8.44. The van der Waals surface area contributed by atoms with Crippen molar-refractivity contribution in [3.05, 3.63) is 40.2 Å². The molecule has 0 unspecified atom stereocenters. The summed E-state index contributed by atoms with van der Waals surface area (Å²) in [6.07, 6.45) is 4.96. The summed E-state index contributed by atoms with van der Waals surface area (Å²) in [5, 5.41) is 27.3. The number of nitrogens with zero attached hydrogens (tertiary/aromatic N) is 4. The maximum absolute atomic E-state index is 13.2. The van der Waals surface area contributed by atoms with Crippen molar-refractivity contribution in [3.63, 3.8) is 0 Å². The van der Waals surface area contributed by atoms with Crippen molar-refractivity contribution in [3.8, 4) is 5.88 Å². The number of aromatic nitrogens is 1. The van der Waals surface area contributed by atoms with Crippen LogP contribution >= 0.6 is 0 Å². The van der Waals surface area contributed by atoms with E-state index in [1.165, 1.54) is 24.3 Å². The third-order valence-electron chi connectivity index (χ3n) is 6.40. The first-order chi connectivity index (χ1) is 17.2. The van der Waals surface area contributed by atoms with Gasteiger partial charge in [0.15, 0.2) is 5.69 Å². The zero-order valence-electron chi connectivity index (χ0n) is 20.8. The topological polar surface area (TPSA) is 160 Å². The normalized spacial score (nSPS) is 15.2. The first kappa shape index (κ1) is 27.8. The van der Waals surface area contributed by atoms with Gasteiger partial charge in [0.2, 0.25) is 15.9 Å². The van der Waals surface area contributed by atoms with Crippen molar-refractivity contribution in [2.75, 3.05) is 32.1 Å². The first-order valence-corrected chi connectivity index (χ1v) is 13.6. The van der Waals surface area contributed by atoms with Crippen LogP contribution in [0, 0.1) is 6.92 Å². The molecule has 1 aromatic heterocycles. The van der Waals surface area contributed by atoms with E-state index in [1.807, 2.05) is 6.92 Å². The van der Waals surface area contributed by atoms with Gasteiger partial charge in [-0.05, 0) is 44.0 Å². The summed E-state index contributed by atoms with van der Waals surface area (Å²) < 4.78 is 34.3. The van der Waals surface area contributed by atoms with E-state index in [2.05, 4.69) is 10.2 Å². The second-order valence-electron chi connectivity index (χ2n) is 8.70. The summed E-state index contributed by atoms with van der Waals surface area (Å²) in [6, 6.07) is 6.07. The Bertz CT molecular complexity index is 1220. The molecule has 0 radical (unpaired) electrons. The molecule has 1 aliphatic rings. The number of nitrogens with two attached hydrogens (primary N) is 1. The molecule has 4 N–H and O–H groups in total. The van der Waals surface area contributed by atoms with E-state index >= 15 is 0 Å². The molecule has 3 rings (SSSR count). The summed E-state index contributed by atoms with van der Waals surface area (Å²) in [6.45, 7) is 3.86. The summed E-state index contributed by atoms with van der Waals surface area (Å²) in [7, 11) is -3.64. The molecule has 2 aromatic rings. The van der Waals surface area contributed by atoms with Gasteiger partial charge in [0.25, 0.3) is 5.56 Å². The molecule has 0 spiro atoms. The molecule has 36 heavy (non-hydrogen) atoms. The van der Waals surface area contributed by atoms with Crippen LogP contribution in [0.1, 0.15) is 44.6 Å². The van der Waals surface area contributed by atoms with E-state index in [0.29, 0.717) is 12.2 Å². The van der Waals surface area contributed by atoms with Gasteiger partial charge in [-0.3, -0.25) is 9.36 Å². The Balaban J connectivity index is 1.83. The number of hydrogen-bond acceptors (Lipinski definition) is 9. The van der Waals surface area contributed by atoms with E-state index in [1.54, 1.807) is 11.2 Å². The van der Waals surface area contributed by atoms with Crippen molar-refractivity contribution in [2.45, 2.75) is 63.4 Å². The van der Waals surface area contributed by atoms with Gasteiger partial charge >= 0.3 is 0 Å². The number of rotatable bonds is 11. The number of anilines is 1. The highest BCUT2D eigenvalue weighted by Crippen LogP contribution is 2.31. The maximum atomic E-state index is 13.2. The Morgan fingerprint density at radius 3 is 2.42 bits per heavy atom. The zero-order valence-corrected chi connectivity index (χ0v) is 21.6. The minimum absolute atomic E-state index is 0.00507. The Morgan fingerprint density at radius 1 is 1.14 bits per heavy atom. The molecule has 11 nitrogen and oxygen atoms in total. The SMILES string of the molecule is CCN(C1CCCCC1)S(=O)(=O)c1ccc(N=Nc2c(C)c(N)c(O)n(CCOCCO)c2=O)cc1. The van der Waals surface area contributed by atoms with Crippen LogP contribution in [0.4, 0.5) is 17.1 Å². The molecular formula is C24H35N5O6S. The molecule has 0 atom stereocenters. The van der Waals surface area contributed by atoms with Crippen molar-refractivity contribution >= 4 is 27.1 Å². The highest BCUT2D eigenvalue weighted by molar-refractivity contribution is 7.89. The van der Waals surface area contributed by atoms with Crippen LogP contribution in [0.15, 0.2) is 44.2 Å². The number of aliphatic hydroxyl groups is 1. The number of azo groups is 1. The quantitative estimate of drug-likeness (QED) is 0.302. The number of nitrogen functional groups attached to an aromatic ring is 1. The monoisotopic (exact) mass is 521 g/mol. The van der Waals surface area contributed by atoms with E-state index in [0.717, 1.165) is 36.7 Å². The number of ether oxygens (including phenoxy) is 1. The van der Waals surface area contributed by atoms with Gasteiger partial charge in [-0.15, -0.1) is 5.11 Å². The van der Waals surface area contributed by atoms with Crippen LogP contribution in [0.5, 0.6) is 5.88 Å². The molecule has 1 fully saturated rings. The second-order valence-corrected chi connectivity index (χ2v) is 10.6. The molecule has 1 heterocycles. The molecule has 198 valence electrons. The number of sulfonamides is 1. The first-order valence-electron chi connectivity index (χ1n) is 12.2. The predicted molar refractivity (Wildman–Crippen MR) is 136 cm³/mol. The Labute approximate surface area is 211 Å². The molecule has 0 amide bonds. The third kappa shape index (κ3) is 6.12. The number of hydrogen-bond donors (Lipinski definition) is 3. The van der Waals surface area contributed by atoms with E-state index in [9.17, 15) is 18.3 Å². The van der Waals surface area contributed by atoms with Crippen molar-refractivity contribution in [1.29, 1.82) is 0 Å². The highest BCUT2D eigenvalue weighted by Gasteiger charge is 2.31.